The molecule has 9 nitrogen and oxygen atoms in total. The number of carbonyl (C=O) groups is 2. The number of carboxylic acids is 1. The van der Waals surface area contributed by atoms with Gasteiger partial charge in [-0.05, 0) is 31.9 Å². The summed E-state index contributed by atoms with van der Waals surface area (Å²) < 4.78 is 5.61. The number of methoxy groups -OCH3 is 1. The summed E-state index contributed by atoms with van der Waals surface area (Å²) in [6, 6.07) is 3.19. The third-order valence-electron chi connectivity index (χ3n) is 5.00. The van der Waals surface area contributed by atoms with Crippen LogP contribution in [0.2, 0.25) is 5.15 Å². The van der Waals surface area contributed by atoms with Gasteiger partial charge in [0.1, 0.15) is 0 Å². The van der Waals surface area contributed by atoms with Gasteiger partial charge < -0.3 is 25.0 Å². The van der Waals surface area contributed by atoms with Crippen LogP contribution in [0.25, 0.3) is 0 Å². The molecule has 0 aliphatic carbocycles. The number of nitrogens with zero attached hydrogens (tertiary/aromatic N) is 3. The molecule has 1 amide bonds. The summed E-state index contributed by atoms with van der Waals surface area (Å²) in [5.41, 5.74) is 2.13. The highest BCUT2D eigenvalue weighted by atomic mass is 35.5. The molecule has 156 valence electrons. The van der Waals surface area contributed by atoms with Crippen LogP contribution in [0.4, 0.5) is 5.69 Å². The van der Waals surface area contributed by atoms with Gasteiger partial charge in [-0.25, -0.2) is 14.8 Å². The first-order chi connectivity index (χ1) is 13.8. The number of piperidine rings is 1. The Labute approximate surface area is 173 Å². The fraction of sp³-hybridized carbons (Fsp3) is 0.474. The van der Waals surface area contributed by atoms with E-state index in [4.69, 9.17) is 16.3 Å². The molecule has 3 heterocycles. The van der Waals surface area contributed by atoms with Gasteiger partial charge in [0.25, 0.3) is 5.91 Å². The van der Waals surface area contributed by atoms with Crippen molar-refractivity contribution in [3.05, 3.63) is 40.2 Å². The minimum atomic E-state index is -1.07. The van der Waals surface area contributed by atoms with Gasteiger partial charge in [-0.2, -0.15) is 0 Å². The maximum atomic E-state index is 12.6. The van der Waals surface area contributed by atoms with Gasteiger partial charge in [-0.3, -0.25) is 4.79 Å². The first-order valence-corrected chi connectivity index (χ1v) is 9.75. The number of hydrogen-bond acceptors (Lipinski definition) is 6. The molecule has 3 rings (SSSR count). The van der Waals surface area contributed by atoms with Crippen molar-refractivity contribution in [3.63, 3.8) is 0 Å². The Morgan fingerprint density at radius 3 is 2.79 bits per heavy atom. The zero-order chi connectivity index (χ0) is 21.1. The molecule has 0 spiro atoms. The molecule has 1 aliphatic rings. The molecule has 1 saturated heterocycles. The van der Waals surface area contributed by atoms with E-state index in [1.807, 2.05) is 17.9 Å². The van der Waals surface area contributed by atoms with Crippen LogP contribution in [0.1, 0.15) is 45.8 Å². The van der Waals surface area contributed by atoms with Gasteiger partial charge in [0.2, 0.25) is 0 Å². The van der Waals surface area contributed by atoms with Crippen molar-refractivity contribution in [1.82, 2.24) is 20.3 Å². The zero-order valence-electron chi connectivity index (χ0n) is 16.5. The Morgan fingerprint density at radius 2 is 2.17 bits per heavy atom. The second-order valence-corrected chi connectivity index (χ2v) is 7.31. The van der Waals surface area contributed by atoms with E-state index in [-0.39, 0.29) is 29.6 Å². The van der Waals surface area contributed by atoms with E-state index in [9.17, 15) is 14.7 Å². The number of imidazole rings is 1. The highest BCUT2D eigenvalue weighted by Gasteiger charge is 2.32. The van der Waals surface area contributed by atoms with E-state index in [0.29, 0.717) is 36.8 Å². The van der Waals surface area contributed by atoms with Crippen molar-refractivity contribution in [3.8, 4) is 0 Å². The van der Waals surface area contributed by atoms with Gasteiger partial charge in [0, 0.05) is 31.6 Å². The average Bonchev–Trinajstić information content (AvgIpc) is 3.08. The van der Waals surface area contributed by atoms with E-state index < -0.39 is 5.97 Å². The summed E-state index contributed by atoms with van der Waals surface area (Å²) in [5, 5.41) is 12.5. The molecular formula is C19H24ClN5O4. The summed E-state index contributed by atoms with van der Waals surface area (Å²) in [7, 11) is 1.59. The predicted molar refractivity (Wildman–Crippen MR) is 108 cm³/mol. The van der Waals surface area contributed by atoms with Gasteiger partial charge >= 0.3 is 5.97 Å². The lowest BCUT2D eigenvalue weighted by molar-refractivity contribution is 0.0538. The molecule has 1 fully saturated rings. The fourth-order valence-electron chi connectivity index (χ4n) is 3.46. The SMILES string of the molecule is CCc1[nH]c(C(=O)NC2CCN(c3cc(C)nc(C(=O)O)c3)CC2OC)nc1Cl. The Hall–Kier alpha value is -2.65. The summed E-state index contributed by atoms with van der Waals surface area (Å²) in [4.78, 5) is 37.0. The average molecular weight is 422 g/mol. The molecule has 0 bridgehead atoms. The number of hydrogen-bond donors (Lipinski definition) is 3. The number of pyridine rings is 1. The minimum Gasteiger partial charge on any atom is -0.477 e. The molecule has 2 aromatic rings. The Kier molecular flexibility index (Phi) is 6.39. The smallest absolute Gasteiger partial charge is 0.354 e. The number of aromatic amines is 1. The van der Waals surface area contributed by atoms with Crippen LogP contribution in [0.5, 0.6) is 0 Å². The van der Waals surface area contributed by atoms with Crippen molar-refractivity contribution < 1.29 is 19.4 Å². The second kappa shape index (κ2) is 8.79. The standard InChI is InChI=1S/C19H24ClN5O4/c1-4-12-16(20)24-17(22-12)18(26)23-13-5-6-25(9-15(13)29-3)11-7-10(2)21-14(8-11)19(27)28/h7-8,13,15H,4-6,9H2,1-3H3,(H,22,24)(H,23,26)(H,27,28). The molecular weight excluding hydrogens is 398 g/mol. The molecule has 1 aliphatic heterocycles. The van der Waals surface area contributed by atoms with Crippen LogP contribution in [-0.2, 0) is 11.2 Å². The number of nitrogens with one attached hydrogen (secondary N) is 2. The number of anilines is 1. The van der Waals surface area contributed by atoms with Crippen molar-refractivity contribution in [1.29, 1.82) is 0 Å². The summed E-state index contributed by atoms with van der Waals surface area (Å²) >= 11 is 6.02. The zero-order valence-corrected chi connectivity index (χ0v) is 17.3. The first-order valence-electron chi connectivity index (χ1n) is 9.37. The Balaban J connectivity index is 1.71. The van der Waals surface area contributed by atoms with Crippen LogP contribution < -0.4 is 10.2 Å². The maximum Gasteiger partial charge on any atom is 0.354 e. The molecule has 29 heavy (non-hydrogen) atoms. The number of halogens is 1. The minimum absolute atomic E-state index is 0.00539. The third-order valence-corrected chi connectivity index (χ3v) is 5.31. The predicted octanol–water partition coefficient (Wildman–Crippen LogP) is 2.05. The van der Waals surface area contributed by atoms with Crippen molar-refractivity contribution in [2.45, 2.75) is 38.8 Å². The van der Waals surface area contributed by atoms with Crippen LogP contribution in [0.15, 0.2) is 12.1 Å². The quantitative estimate of drug-likeness (QED) is 0.652. The van der Waals surface area contributed by atoms with Crippen LogP contribution >= 0.6 is 11.6 Å². The van der Waals surface area contributed by atoms with Gasteiger partial charge in [-0.15, -0.1) is 0 Å². The molecule has 0 saturated carbocycles. The number of amides is 1. The van der Waals surface area contributed by atoms with Crippen LogP contribution in [-0.4, -0.2) is 64.3 Å². The van der Waals surface area contributed by atoms with Gasteiger partial charge in [-0.1, -0.05) is 18.5 Å². The van der Waals surface area contributed by atoms with Crippen LogP contribution in [0.3, 0.4) is 0 Å². The number of aromatic carboxylic acids is 1. The Bertz CT molecular complexity index is 916. The number of carboxylic acid groups (broad SMARTS) is 1. The van der Waals surface area contributed by atoms with Crippen LogP contribution in [0, 0.1) is 6.92 Å². The first kappa shape index (κ1) is 21.1. The van der Waals surface area contributed by atoms with Crippen molar-refractivity contribution >= 4 is 29.2 Å². The lowest BCUT2D eigenvalue weighted by Gasteiger charge is -2.39. The number of carbonyl (C=O) groups excluding carboxylic acids is 1. The summed E-state index contributed by atoms with van der Waals surface area (Å²) in [6.45, 7) is 4.82. The maximum absolute atomic E-state index is 12.6. The van der Waals surface area contributed by atoms with Crippen molar-refractivity contribution in [2.24, 2.45) is 0 Å². The summed E-state index contributed by atoms with van der Waals surface area (Å²) in [6.07, 6.45) is 1.01. The molecule has 2 aromatic heterocycles. The second-order valence-electron chi connectivity index (χ2n) is 6.95. The van der Waals surface area contributed by atoms with Gasteiger partial charge in [0.05, 0.1) is 17.8 Å². The number of H-pyrrole nitrogens is 1. The lowest BCUT2D eigenvalue weighted by atomic mass is 10.0. The monoisotopic (exact) mass is 421 g/mol. The highest BCUT2D eigenvalue weighted by Crippen LogP contribution is 2.23. The molecule has 10 heteroatoms. The normalized spacial score (nSPS) is 19.2. The number of rotatable bonds is 6. The highest BCUT2D eigenvalue weighted by molar-refractivity contribution is 6.30. The fourth-order valence-corrected chi connectivity index (χ4v) is 3.73. The number of aryl methyl sites for hydroxylation is 2. The van der Waals surface area contributed by atoms with E-state index >= 15 is 0 Å². The van der Waals surface area contributed by atoms with E-state index in [1.54, 1.807) is 20.1 Å². The largest absolute Gasteiger partial charge is 0.477 e. The van der Waals surface area contributed by atoms with E-state index in [0.717, 1.165) is 11.4 Å². The molecule has 0 aromatic carbocycles. The lowest BCUT2D eigenvalue weighted by Crippen LogP contribution is -2.55. The van der Waals surface area contributed by atoms with Gasteiger partial charge in [0.15, 0.2) is 16.7 Å². The number of ether oxygens (including phenoxy) is 1. The molecule has 3 N–H and O–H groups in total. The van der Waals surface area contributed by atoms with E-state index in [2.05, 4.69) is 20.3 Å². The topological polar surface area (TPSA) is 120 Å². The number of aromatic nitrogens is 3. The molecule has 2 unspecified atom stereocenters. The Morgan fingerprint density at radius 1 is 1.41 bits per heavy atom. The third kappa shape index (κ3) is 4.68. The molecule has 0 radical (unpaired) electrons. The summed E-state index contributed by atoms with van der Waals surface area (Å²) in [5.74, 6) is -1.22. The van der Waals surface area contributed by atoms with Crippen molar-refractivity contribution in [2.75, 3.05) is 25.1 Å². The molecule has 2 atom stereocenters. The van der Waals surface area contributed by atoms with E-state index in [1.165, 1.54) is 0 Å².